The number of para-hydroxylation sites is 1. The summed E-state index contributed by atoms with van der Waals surface area (Å²) in [5, 5.41) is 1.23. The summed E-state index contributed by atoms with van der Waals surface area (Å²) in [6.45, 7) is 1.06. The van der Waals surface area contributed by atoms with E-state index >= 15 is 0 Å². The molecule has 0 aliphatic heterocycles. The first-order valence-electron chi connectivity index (χ1n) is 7.86. The Bertz CT molecular complexity index is 881. The lowest BCUT2D eigenvalue weighted by atomic mass is 10.2. The number of aryl methyl sites for hydroxylation is 1. The van der Waals surface area contributed by atoms with Crippen molar-refractivity contribution in [1.29, 1.82) is 0 Å². The van der Waals surface area contributed by atoms with Crippen molar-refractivity contribution >= 4 is 27.8 Å². The van der Waals surface area contributed by atoms with E-state index in [1.807, 2.05) is 11.6 Å². The number of benzene rings is 1. The van der Waals surface area contributed by atoms with Gasteiger partial charge in [-0.1, -0.05) is 18.2 Å². The Hall–Kier alpha value is -2.23. The average Bonchev–Trinajstić information content (AvgIpc) is 3.19. The summed E-state index contributed by atoms with van der Waals surface area (Å²) in [7, 11) is 5.60. The average molecular weight is 295 g/mol. The van der Waals surface area contributed by atoms with Crippen molar-refractivity contribution in [3.8, 4) is 0 Å². The number of hydrogen-bond acceptors (Lipinski definition) is 1. The van der Waals surface area contributed by atoms with Crippen LogP contribution in [0, 0.1) is 5.92 Å². The molecule has 114 valence electrons. The first-order chi connectivity index (χ1) is 10.6. The summed E-state index contributed by atoms with van der Waals surface area (Å²) in [5.41, 5.74) is 4.38. The predicted octanol–water partition coefficient (Wildman–Crippen LogP) is 3.24. The Balaban J connectivity index is 2.01. The number of hydrogen-bond donors (Lipinski definition) is 0. The lowest BCUT2D eigenvalue weighted by molar-refractivity contribution is 0.0819. The van der Waals surface area contributed by atoms with E-state index < -0.39 is 0 Å². The molecule has 1 fully saturated rings. The molecule has 2 aromatic heterocycles. The Labute approximate surface area is 129 Å². The maximum atomic E-state index is 12.4. The van der Waals surface area contributed by atoms with Crippen molar-refractivity contribution in [1.82, 2.24) is 14.0 Å². The molecule has 1 aliphatic rings. The summed E-state index contributed by atoms with van der Waals surface area (Å²) in [5.74, 6) is 0.855. The van der Waals surface area contributed by atoms with Crippen molar-refractivity contribution in [2.75, 3.05) is 14.1 Å². The van der Waals surface area contributed by atoms with Crippen LogP contribution in [0.1, 0.15) is 23.3 Å². The maximum absolute atomic E-state index is 12.4. The second-order valence-electron chi connectivity index (χ2n) is 6.59. The van der Waals surface area contributed by atoms with Gasteiger partial charge in [0.05, 0.1) is 16.6 Å². The van der Waals surface area contributed by atoms with Gasteiger partial charge in [-0.2, -0.15) is 0 Å². The molecule has 2 heterocycles. The Morgan fingerprint density at radius 1 is 1.23 bits per heavy atom. The molecule has 0 N–H and O–H groups in total. The molecule has 22 heavy (non-hydrogen) atoms. The van der Waals surface area contributed by atoms with E-state index in [4.69, 9.17) is 0 Å². The van der Waals surface area contributed by atoms with Crippen molar-refractivity contribution in [2.24, 2.45) is 13.0 Å². The fourth-order valence-electron chi connectivity index (χ4n) is 3.34. The highest BCUT2D eigenvalue weighted by Crippen LogP contribution is 2.36. The normalized spacial score (nSPS) is 14.9. The molecular weight excluding hydrogens is 274 g/mol. The lowest BCUT2D eigenvalue weighted by Crippen LogP contribution is -2.23. The van der Waals surface area contributed by atoms with Gasteiger partial charge >= 0.3 is 0 Å². The van der Waals surface area contributed by atoms with Gasteiger partial charge in [0.1, 0.15) is 5.69 Å². The third-order valence-electron chi connectivity index (χ3n) is 4.72. The van der Waals surface area contributed by atoms with Crippen molar-refractivity contribution < 1.29 is 4.79 Å². The summed E-state index contributed by atoms with van der Waals surface area (Å²) < 4.78 is 4.44. The quantitative estimate of drug-likeness (QED) is 0.729. The lowest BCUT2D eigenvalue weighted by Gasteiger charge is -2.11. The van der Waals surface area contributed by atoms with Gasteiger partial charge in [0.2, 0.25) is 0 Å². The standard InChI is InChI=1S/C18H21N3O/c1-19(2)18(22)16-10-15-17(20(16)3)13-6-4-5-7-14(13)21(15)11-12-8-9-12/h4-7,10,12H,8-9,11H2,1-3H3. The molecule has 1 aliphatic carbocycles. The zero-order valence-corrected chi connectivity index (χ0v) is 13.3. The van der Waals surface area contributed by atoms with Crippen molar-refractivity contribution in [3.05, 3.63) is 36.0 Å². The van der Waals surface area contributed by atoms with E-state index in [1.165, 1.54) is 34.8 Å². The van der Waals surface area contributed by atoms with Crippen LogP contribution in [-0.2, 0) is 13.6 Å². The monoisotopic (exact) mass is 295 g/mol. The van der Waals surface area contributed by atoms with Crippen molar-refractivity contribution in [3.63, 3.8) is 0 Å². The molecular formula is C18H21N3O. The molecule has 0 unspecified atom stereocenters. The number of aromatic nitrogens is 2. The van der Waals surface area contributed by atoms with Gasteiger partial charge in [0.25, 0.3) is 5.91 Å². The fourth-order valence-corrected chi connectivity index (χ4v) is 3.34. The van der Waals surface area contributed by atoms with E-state index in [9.17, 15) is 4.79 Å². The second kappa shape index (κ2) is 4.63. The zero-order valence-electron chi connectivity index (χ0n) is 13.3. The molecule has 4 nitrogen and oxygen atoms in total. The van der Waals surface area contributed by atoms with E-state index in [-0.39, 0.29) is 5.91 Å². The van der Waals surface area contributed by atoms with E-state index in [0.717, 1.165) is 18.2 Å². The van der Waals surface area contributed by atoms with Gasteiger partial charge in [-0.05, 0) is 30.9 Å². The second-order valence-corrected chi connectivity index (χ2v) is 6.59. The van der Waals surface area contributed by atoms with Gasteiger partial charge in [-0.15, -0.1) is 0 Å². The summed E-state index contributed by atoms with van der Waals surface area (Å²) in [6, 6.07) is 10.6. The van der Waals surface area contributed by atoms with Crippen LogP contribution in [-0.4, -0.2) is 34.0 Å². The minimum atomic E-state index is 0.0563. The molecule has 1 amide bonds. The molecule has 1 saturated carbocycles. The molecule has 4 heteroatoms. The molecule has 4 rings (SSSR count). The molecule has 0 bridgehead atoms. The minimum Gasteiger partial charge on any atom is -0.343 e. The largest absolute Gasteiger partial charge is 0.343 e. The summed E-state index contributed by atoms with van der Waals surface area (Å²) in [4.78, 5) is 14.1. The predicted molar refractivity (Wildman–Crippen MR) is 89.2 cm³/mol. The number of rotatable bonds is 3. The summed E-state index contributed by atoms with van der Waals surface area (Å²) >= 11 is 0. The van der Waals surface area contributed by atoms with Crippen LogP contribution in [0.2, 0.25) is 0 Å². The van der Waals surface area contributed by atoms with Crippen LogP contribution in [0.15, 0.2) is 30.3 Å². The third kappa shape index (κ3) is 1.86. The van der Waals surface area contributed by atoms with Crippen LogP contribution in [0.5, 0.6) is 0 Å². The first-order valence-corrected chi connectivity index (χ1v) is 7.86. The van der Waals surface area contributed by atoms with E-state index in [1.54, 1.807) is 19.0 Å². The number of fused-ring (bicyclic) bond motifs is 3. The van der Waals surface area contributed by atoms with Crippen molar-refractivity contribution in [2.45, 2.75) is 19.4 Å². The van der Waals surface area contributed by atoms with Gasteiger partial charge in [-0.25, -0.2) is 0 Å². The van der Waals surface area contributed by atoms with Gasteiger partial charge < -0.3 is 14.0 Å². The summed E-state index contributed by atoms with van der Waals surface area (Å²) in [6.07, 6.45) is 2.65. The third-order valence-corrected chi connectivity index (χ3v) is 4.72. The van der Waals surface area contributed by atoms with Crippen LogP contribution in [0.3, 0.4) is 0 Å². The Morgan fingerprint density at radius 3 is 2.64 bits per heavy atom. The molecule has 0 saturated heterocycles. The fraction of sp³-hybridized carbons (Fsp3) is 0.389. The maximum Gasteiger partial charge on any atom is 0.270 e. The first kappa shape index (κ1) is 13.4. The molecule has 0 atom stereocenters. The zero-order chi connectivity index (χ0) is 15.4. The Kier molecular flexibility index (Phi) is 2.83. The topological polar surface area (TPSA) is 30.2 Å². The highest BCUT2D eigenvalue weighted by molar-refractivity contribution is 6.10. The highest BCUT2D eigenvalue weighted by Gasteiger charge is 2.26. The minimum absolute atomic E-state index is 0.0563. The smallest absolute Gasteiger partial charge is 0.270 e. The van der Waals surface area contributed by atoms with Gasteiger partial charge in [-0.3, -0.25) is 4.79 Å². The number of amides is 1. The van der Waals surface area contributed by atoms with E-state index in [0.29, 0.717) is 0 Å². The van der Waals surface area contributed by atoms with Crippen LogP contribution in [0.25, 0.3) is 21.9 Å². The van der Waals surface area contributed by atoms with Crippen LogP contribution in [0.4, 0.5) is 0 Å². The SMILES string of the molecule is CN(C)C(=O)c1cc2c(c3ccccc3n2CC2CC2)n1C. The van der Waals surface area contributed by atoms with E-state index in [2.05, 4.69) is 34.9 Å². The van der Waals surface area contributed by atoms with Crippen LogP contribution >= 0.6 is 0 Å². The molecule has 1 aromatic carbocycles. The molecule has 0 radical (unpaired) electrons. The highest BCUT2D eigenvalue weighted by atomic mass is 16.2. The molecule has 0 spiro atoms. The Morgan fingerprint density at radius 2 is 1.95 bits per heavy atom. The van der Waals surface area contributed by atoms with Gasteiger partial charge in [0, 0.05) is 33.1 Å². The number of nitrogens with zero attached hydrogens (tertiary/aromatic N) is 3. The number of carbonyl (C=O) groups excluding carboxylic acids is 1. The molecule has 3 aromatic rings. The van der Waals surface area contributed by atoms with Crippen LogP contribution < -0.4 is 0 Å². The van der Waals surface area contributed by atoms with Gasteiger partial charge in [0.15, 0.2) is 0 Å². The number of carbonyl (C=O) groups is 1.